The van der Waals surface area contributed by atoms with Crippen molar-refractivity contribution in [3.63, 3.8) is 0 Å². The highest BCUT2D eigenvalue weighted by Crippen LogP contribution is 1.98. The molecule has 0 heterocycles. The number of hydrogen-bond donors (Lipinski definition) is 3. The van der Waals surface area contributed by atoms with Gasteiger partial charge in [0.25, 0.3) is 0 Å². The van der Waals surface area contributed by atoms with E-state index in [2.05, 4.69) is 15.0 Å². The topological polar surface area (TPSA) is 156 Å². The van der Waals surface area contributed by atoms with E-state index in [1.54, 1.807) is 14.1 Å². The molecule has 0 aromatic heterocycles. The van der Waals surface area contributed by atoms with Crippen molar-refractivity contribution in [3.8, 4) is 0 Å². The molecule has 4 N–H and O–H groups in total. The number of nitrogens with zero attached hydrogens (tertiary/aromatic N) is 2. The maximum absolute atomic E-state index is 11.4. The highest BCUT2D eigenvalue weighted by molar-refractivity contribution is 5.99. The summed E-state index contributed by atoms with van der Waals surface area (Å²) in [6.45, 7) is 0.337. The van der Waals surface area contributed by atoms with Crippen LogP contribution in [0.5, 0.6) is 0 Å². The number of guanidine groups is 2. The van der Waals surface area contributed by atoms with Crippen LogP contribution in [0.25, 0.3) is 0 Å². The minimum Gasteiger partial charge on any atom is -0.466 e. The summed E-state index contributed by atoms with van der Waals surface area (Å²) in [6, 6.07) is 0. The summed E-state index contributed by atoms with van der Waals surface area (Å²) in [5, 5.41) is 9.64. The fraction of sp³-hybridized carbons (Fsp3) is 0.533. The van der Waals surface area contributed by atoms with Gasteiger partial charge in [-0.05, 0) is 19.3 Å². The summed E-state index contributed by atoms with van der Waals surface area (Å²) in [5.74, 6) is -1.62. The number of hydrogen-bond acceptors (Lipinski definition) is 7. The van der Waals surface area contributed by atoms with Crippen LogP contribution in [0.2, 0.25) is 0 Å². The van der Waals surface area contributed by atoms with Gasteiger partial charge in [0.1, 0.15) is 0 Å². The first-order valence-corrected chi connectivity index (χ1v) is 7.72. The Balaban J connectivity index is 3.76. The molecule has 0 saturated carbocycles. The van der Waals surface area contributed by atoms with Crippen molar-refractivity contribution in [1.82, 2.24) is 10.2 Å². The second kappa shape index (κ2) is 13.2. The maximum Gasteiger partial charge on any atom is 0.413 e. The van der Waals surface area contributed by atoms with E-state index in [9.17, 15) is 14.4 Å². The third-order valence-corrected chi connectivity index (χ3v) is 2.70. The van der Waals surface area contributed by atoms with Gasteiger partial charge >= 0.3 is 18.0 Å². The van der Waals surface area contributed by atoms with Gasteiger partial charge in [-0.15, -0.1) is 0 Å². The van der Waals surface area contributed by atoms with Gasteiger partial charge in [0.2, 0.25) is 11.9 Å². The average molecular weight is 371 g/mol. The van der Waals surface area contributed by atoms with Crippen molar-refractivity contribution in [3.05, 3.63) is 12.2 Å². The van der Waals surface area contributed by atoms with Crippen molar-refractivity contribution in [2.45, 2.75) is 19.3 Å². The minimum atomic E-state index is -0.766. The third kappa shape index (κ3) is 12.3. The summed E-state index contributed by atoms with van der Waals surface area (Å²) in [4.78, 5) is 38.5. The number of ether oxygens (including phenoxy) is 3. The first kappa shape index (κ1) is 22.9. The maximum atomic E-state index is 11.4. The summed E-state index contributed by atoms with van der Waals surface area (Å²) >= 11 is 0. The van der Waals surface area contributed by atoms with E-state index in [0.29, 0.717) is 19.3 Å². The van der Waals surface area contributed by atoms with E-state index >= 15 is 0 Å². The van der Waals surface area contributed by atoms with Crippen molar-refractivity contribution in [1.29, 1.82) is 5.41 Å². The lowest BCUT2D eigenvalue weighted by molar-refractivity contribution is -0.139. The van der Waals surface area contributed by atoms with E-state index in [1.165, 1.54) is 12.0 Å². The number of aliphatic imine (C=N–C) groups is 1. The highest BCUT2D eigenvalue weighted by atomic mass is 16.5. The number of nitrogens with one attached hydrogen (secondary N) is 2. The molecule has 0 radical (unpaired) electrons. The average Bonchev–Trinajstić information content (AvgIpc) is 2.58. The molecule has 1 amide bonds. The van der Waals surface area contributed by atoms with Gasteiger partial charge < -0.3 is 24.8 Å². The number of carbonyl (C=O) groups excluding carboxylic acids is 3. The summed E-state index contributed by atoms with van der Waals surface area (Å²) < 4.78 is 14.1. The van der Waals surface area contributed by atoms with Crippen LogP contribution in [0.15, 0.2) is 17.1 Å². The minimum absolute atomic E-state index is 0.112. The van der Waals surface area contributed by atoms with E-state index in [-0.39, 0.29) is 25.1 Å². The Bertz CT molecular complexity index is 559. The van der Waals surface area contributed by atoms with Crippen LogP contribution in [0, 0.1) is 5.41 Å². The van der Waals surface area contributed by atoms with E-state index in [1.807, 2.05) is 0 Å². The number of nitrogens with two attached hydrogens (primary N) is 1. The molecule has 0 bridgehead atoms. The van der Waals surface area contributed by atoms with Crippen molar-refractivity contribution >= 4 is 30.0 Å². The molecule has 11 heteroatoms. The Hall–Kier alpha value is -3.11. The lowest BCUT2D eigenvalue weighted by Crippen LogP contribution is -2.39. The molecule has 11 nitrogen and oxygen atoms in total. The second-order valence-electron chi connectivity index (χ2n) is 5.06. The Morgan fingerprint density at radius 2 is 1.65 bits per heavy atom. The number of alkyl carbamates (subject to hydrolysis) is 1. The number of amides is 1. The predicted molar refractivity (Wildman–Crippen MR) is 93.5 cm³/mol. The lowest BCUT2D eigenvalue weighted by atomic mass is 10.2. The van der Waals surface area contributed by atoms with Crippen molar-refractivity contribution in [2.24, 2.45) is 10.7 Å². The second-order valence-corrected chi connectivity index (χ2v) is 5.06. The van der Waals surface area contributed by atoms with Crippen LogP contribution in [0.1, 0.15) is 19.3 Å². The fourth-order valence-electron chi connectivity index (χ4n) is 1.35. The zero-order valence-electron chi connectivity index (χ0n) is 15.1. The van der Waals surface area contributed by atoms with Gasteiger partial charge in [-0.3, -0.25) is 10.7 Å². The van der Waals surface area contributed by atoms with Gasteiger partial charge in [0.05, 0.1) is 20.3 Å². The SMILES string of the molecule is COC(=O)/C=C/C(=O)OCCCCCOC(=O)NC(N)=NC(=N)N(C)C. The summed E-state index contributed by atoms with van der Waals surface area (Å²) in [6.07, 6.45) is 3.00. The molecule has 0 aliphatic rings. The smallest absolute Gasteiger partial charge is 0.413 e. The molecule has 146 valence electrons. The Morgan fingerprint density at radius 1 is 1.08 bits per heavy atom. The summed E-state index contributed by atoms with van der Waals surface area (Å²) in [7, 11) is 4.44. The van der Waals surface area contributed by atoms with Gasteiger partial charge in [-0.25, -0.2) is 14.4 Å². The third-order valence-electron chi connectivity index (χ3n) is 2.70. The molecule has 0 saturated heterocycles. The molecule has 0 aromatic carbocycles. The van der Waals surface area contributed by atoms with Crippen LogP contribution in [0.4, 0.5) is 4.79 Å². The molecule has 0 fully saturated rings. The first-order valence-electron chi connectivity index (χ1n) is 7.72. The van der Waals surface area contributed by atoms with E-state index in [4.69, 9.17) is 20.6 Å². The molecule has 0 rings (SSSR count). The number of esters is 2. The molecule has 0 atom stereocenters. The van der Waals surface area contributed by atoms with Crippen LogP contribution in [0.3, 0.4) is 0 Å². The molecule has 0 aromatic rings. The van der Waals surface area contributed by atoms with Crippen molar-refractivity contribution < 1.29 is 28.6 Å². The fourth-order valence-corrected chi connectivity index (χ4v) is 1.35. The number of methoxy groups -OCH3 is 1. The first-order chi connectivity index (χ1) is 12.3. The molecule has 0 aliphatic heterocycles. The largest absolute Gasteiger partial charge is 0.466 e. The molecular weight excluding hydrogens is 346 g/mol. The van der Waals surface area contributed by atoms with Gasteiger partial charge in [0, 0.05) is 26.2 Å². The van der Waals surface area contributed by atoms with Crippen molar-refractivity contribution in [2.75, 3.05) is 34.4 Å². The highest BCUT2D eigenvalue weighted by Gasteiger charge is 2.05. The quantitative estimate of drug-likeness (QED) is 0.134. The molecule has 0 aliphatic carbocycles. The Morgan fingerprint density at radius 3 is 2.23 bits per heavy atom. The molecule has 0 spiro atoms. The normalized spacial score (nSPS) is 11.0. The standard InChI is InChI=1S/C15H25N5O6/c1-20(2)14(17)18-13(16)19-15(23)26-10-6-4-5-9-25-12(22)8-7-11(21)24-3/h7-8H,4-6,9-10H2,1-3H3,(H4,16,17,18,19,23)/b8-7+. The Kier molecular flexibility index (Phi) is 11.6. The van der Waals surface area contributed by atoms with Gasteiger partial charge in [-0.1, -0.05) is 0 Å². The van der Waals surface area contributed by atoms with Crippen LogP contribution >= 0.6 is 0 Å². The zero-order valence-corrected chi connectivity index (χ0v) is 15.1. The zero-order chi connectivity index (χ0) is 19.9. The monoisotopic (exact) mass is 371 g/mol. The molecule has 26 heavy (non-hydrogen) atoms. The number of unbranched alkanes of at least 4 members (excludes halogenated alkanes) is 2. The molecule has 0 unspecified atom stereocenters. The van der Waals surface area contributed by atoms with E-state index in [0.717, 1.165) is 12.2 Å². The van der Waals surface area contributed by atoms with Crippen LogP contribution < -0.4 is 11.1 Å². The van der Waals surface area contributed by atoms with Crippen LogP contribution in [-0.4, -0.2) is 69.3 Å². The molecular formula is C15H25N5O6. The Labute approximate surface area is 151 Å². The van der Waals surface area contributed by atoms with Gasteiger partial charge in [0.15, 0.2) is 0 Å². The lowest BCUT2D eigenvalue weighted by Gasteiger charge is -2.10. The van der Waals surface area contributed by atoms with Crippen LogP contribution in [-0.2, 0) is 23.8 Å². The van der Waals surface area contributed by atoms with Gasteiger partial charge in [-0.2, -0.15) is 4.99 Å². The number of carbonyl (C=O) groups is 3. The van der Waals surface area contributed by atoms with E-state index < -0.39 is 18.0 Å². The summed E-state index contributed by atoms with van der Waals surface area (Å²) in [5.41, 5.74) is 5.45. The predicted octanol–water partition coefficient (Wildman–Crippen LogP) is -0.0336. The number of rotatable bonds is 8.